The van der Waals surface area contributed by atoms with E-state index in [0.29, 0.717) is 39.5 Å². The second kappa shape index (κ2) is 7.13. The molecule has 27 heavy (non-hydrogen) atoms. The number of aryl methyl sites for hydroxylation is 1. The lowest BCUT2D eigenvalue weighted by atomic mass is 10.0. The van der Waals surface area contributed by atoms with Crippen LogP contribution in [0.15, 0.2) is 48.8 Å². The molecule has 1 aliphatic heterocycles. The molecule has 6 nitrogen and oxygen atoms in total. The first kappa shape index (κ1) is 18.3. The van der Waals surface area contributed by atoms with E-state index in [9.17, 15) is 0 Å². The van der Waals surface area contributed by atoms with Crippen molar-refractivity contribution in [3.63, 3.8) is 0 Å². The van der Waals surface area contributed by atoms with Crippen LogP contribution >= 0.6 is 23.2 Å². The van der Waals surface area contributed by atoms with E-state index in [0.717, 1.165) is 0 Å². The summed E-state index contributed by atoms with van der Waals surface area (Å²) in [6.45, 7) is 2.34. The highest BCUT2D eigenvalue weighted by molar-refractivity contribution is 6.31. The number of ether oxygens (including phenoxy) is 3. The first-order chi connectivity index (χ1) is 13.0. The number of aromatic nitrogens is 3. The van der Waals surface area contributed by atoms with E-state index in [-0.39, 0.29) is 6.10 Å². The highest BCUT2D eigenvalue weighted by Gasteiger charge is 2.48. The topological polar surface area (TPSA) is 58.4 Å². The molecule has 0 aliphatic carbocycles. The molecule has 0 spiro atoms. The van der Waals surface area contributed by atoms with Crippen molar-refractivity contribution in [2.75, 3.05) is 6.61 Å². The Morgan fingerprint density at radius 3 is 2.48 bits per heavy atom. The molecule has 1 saturated heterocycles. The van der Waals surface area contributed by atoms with Crippen LogP contribution in [0.3, 0.4) is 0 Å². The second-order valence-corrected chi connectivity index (χ2v) is 7.14. The van der Waals surface area contributed by atoms with E-state index in [1.54, 1.807) is 54.5 Å². The molecule has 2 aromatic carbocycles. The van der Waals surface area contributed by atoms with Crippen LogP contribution in [0.25, 0.3) is 0 Å². The fourth-order valence-corrected chi connectivity index (χ4v) is 3.34. The molecule has 0 unspecified atom stereocenters. The van der Waals surface area contributed by atoms with Gasteiger partial charge in [-0.1, -0.05) is 23.2 Å². The quantitative estimate of drug-likeness (QED) is 0.636. The summed E-state index contributed by atoms with van der Waals surface area (Å²) in [6.07, 6.45) is 1.48. The molecule has 140 valence electrons. The van der Waals surface area contributed by atoms with Gasteiger partial charge in [0, 0.05) is 17.6 Å². The Bertz CT molecular complexity index is 961. The van der Waals surface area contributed by atoms with Gasteiger partial charge in [-0.3, -0.25) is 4.68 Å². The summed E-state index contributed by atoms with van der Waals surface area (Å²) in [4.78, 5) is 4.32. The summed E-state index contributed by atoms with van der Waals surface area (Å²) in [5.74, 6) is 0.409. The average molecular weight is 406 g/mol. The molecule has 0 radical (unpaired) electrons. The van der Waals surface area contributed by atoms with Gasteiger partial charge in [0.2, 0.25) is 5.82 Å². The predicted molar refractivity (Wildman–Crippen MR) is 101 cm³/mol. The van der Waals surface area contributed by atoms with Crippen LogP contribution in [-0.4, -0.2) is 27.5 Å². The van der Waals surface area contributed by atoms with Gasteiger partial charge in [0.25, 0.3) is 5.79 Å². The largest absolute Gasteiger partial charge is 0.457 e. The molecule has 2 heterocycles. The van der Waals surface area contributed by atoms with E-state index in [1.165, 1.54) is 0 Å². The summed E-state index contributed by atoms with van der Waals surface area (Å²) in [5, 5.41) is 5.45. The first-order valence-corrected chi connectivity index (χ1v) is 9.13. The van der Waals surface area contributed by atoms with Gasteiger partial charge in [-0.15, -0.1) is 0 Å². The van der Waals surface area contributed by atoms with Crippen molar-refractivity contribution in [1.82, 2.24) is 14.8 Å². The number of halogens is 2. The van der Waals surface area contributed by atoms with Crippen molar-refractivity contribution < 1.29 is 14.2 Å². The van der Waals surface area contributed by atoms with Crippen molar-refractivity contribution in [3.05, 3.63) is 70.2 Å². The Morgan fingerprint density at radius 1 is 1.15 bits per heavy atom. The second-order valence-electron chi connectivity index (χ2n) is 6.30. The Labute approximate surface area is 166 Å². The lowest BCUT2D eigenvalue weighted by molar-refractivity contribution is -0.146. The molecule has 0 amide bonds. The third kappa shape index (κ3) is 3.53. The van der Waals surface area contributed by atoms with Crippen LogP contribution < -0.4 is 4.74 Å². The smallest absolute Gasteiger partial charge is 0.261 e. The summed E-state index contributed by atoms with van der Waals surface area (Å²) in [6, 6.07) is 12.4. The fraction of sp³-hybridized carbons (Fsp3) is 0.263. The highest BCUT2D eigenvalue weighted by atomic mass is 35.5. The number of benzene rings is 2. The minimum Gasteiger partial charge on any atom is -0.457 e. The molecular formula is C19H17Cl2N3O3. The number of hydrogen-bond donors (Lipinski definition) is 0. The number of nitrogens with zero attached hydrogens (tertiary/aromatic N) is 3. The molecule has 8 heteroatoms. The van der Waals surface area contributed by atoms with Crippen LogP contribution in [0.4, 0.5) is 0 Å². The van der Waals surface area contributed by atoms with Crippen LogP contribution in [-0.2, 0) is 22.3 Å². The zero-order valence-electron chi connectivity index (χ0n) is 14.7. The van der Waals surface area contributed by atoms with Crippen molar-refractivity contribution in [2.24, 2.45) is 7.05 Å². The Morgan fingerprint density at radius 2 is 1.89 bits per heavy atom. The van der Waals surface area contributed by atoms with Crippen LogP contribution in [0.2, 0.25) is 10.0 Å². The lowest BCUT2D eigenvalue weighted by Gasteiger charge is -2.26. The van der Waals surface area contributed by atoms with Gasteiger partial charge in [0.05, 0.1) is 17.7 Å². The van der Waals surface area contributed by atoms with Crippen molar-refractivity contribution in [1.29, 1.82) is 0 Å². The van der Waals surface area contributed by atoms with Crippen LogP contribution in [0, 0.1) is 0 Å². The maximum atomic E-state index is 6.57. The minimum absolute atomic E-state index is 0.116. The third-order valence-corrected chi connectivity index (χ3v) is 4.69. The lowest BCUT2D eigenvalue weighted by Crippen LogP contribution is -2.31. The van der Waals surface area contributed by atoms with Gasteiger partial charge >= 0.3 is 0 Å². The minimum atomic E-state index is -1.24. The molecular weight excluding hydrogens is 389 g/mol. The molecule has 3 aromatic rings. The molecule has 1 aromatic heterocycles. The monoisotopic (exact) mass is 405 g/mol. The Kier molecular flexibility index (Phi) is 4.82. The van der Waals surface area contributed by atoms with Gasteiger partial charge in [-0.05, 0) is 49.4 Å². The van der Waals surface area contributed by atoms with E-state index in [1.807, 2.05) is 13.0 Å². The Balaban J connectivity index is 1.68. The van der Waals surface area contributed by atoms with Gasteiger partial charge in [0.15, 0.2) is 0 Å². The summed E-state index contributed by atoms with van der Waals surface area (Å²) in [7, 11) is 1.78. The van der Waals surface area contributed by atoms with Crippen molar-refractivity contribution in [2.45, 2.75) is 18.8 Å². The van der Waals surface area contributed by atoms with E-state index in [4.69, 9.17) is 37.4 Å². The number of hydrogen-bond acceptors (Lipinski definition) is 5. The molecule has 1 aliphatic rings. The molecule has 0 bridgehead atoms. The average Bonchev–Trinajstić information content (AvgIpc) is 3.24. The first-order valence-electron chi connectivity index (χ1n) is 8.37. The van der Waals surface area contributed by atoms with E-state index in [2.05, 4.69) is 10.1 Å². The third-order valence-electron chi connectivity index (χ3n) is 4.13. The molecule has 2 atom stereocenters. The predicted octanol–water partition coefficient (Wildman–Crippen LogP) is 4.55. The van der Waals surface area contributed by atoms with Crippen molar-refractivity contribution in [3.8, 4) is 11.5 Å². The maximum Gasteiger partial charge on any atom is 0.261 e. The zero-order valence-corrected chi connectivity index (χ0v) is 16.2. The normalized spacial score (nSPS) is 22.1. The molecule has 0 saturated carbocycles. The van der Waals surface area contributed by atoms with Gasteiger partial charge in [-0.2, -0.15) is 5.10 Å². The Hall–Kier alpha value is -2.12. The fourth-order valence-electron chi connectivity index (χ4n) is 2.92. The van der Waals surface area contributed by atoms with Crippen LogP contribution in [0.5, 0.6) is 11.5 Å². The summed E-state index contributed by atoms with van der Waals surface area (Å²) < 4.78 is 19.5. The van der Waals surface area contributed by atoms with Crippen molar-refractivity contribution >= 4 is 23.2 Å². The summed E-state index contributed by atoms with van der Waals surface area (Å²) >= 11 is 12.5. The van der Waals surface area contributed by atoms with Gasteiger partial charge in [0.1, 0.15) is 17.8 Å². The van der Waals surface area contributed by atoms with Crippen LogP contribution in [0.1, 0.15) is 18.3 Å². The zero-order chi connectivity index (χ0) is 19.0. The molecule has 4 rings (SSSR count). The van der Waals surface area contributed by atoms with Gasteiger partial charge in [-0.25, -0.2) is 4.98 Å². The SMILES string of the molecule is C[C@H]1CO[C@](c2ncn(C)n2)(c2ccc(Oc3ccc(Cl)cc3)cc2Cl)O1. The maximum absolute atomic E-state index is 6.57. The summed E-state index contributed by atoms with van der Waals surface area (Å²) in [5.41, 5.74) is 0.628. The standard InChI is InChI=1S/C19H17Cl2N3O3/c1-12-10-25-19(27-12,18-22-11-24(2)23-18)16-8-7-15(9-17(16)21)26-14-5-3-13(20)4-6-14/h3-9,11-12H,10H2,1-2H3/t12-,19+/m0/s1. The van der Waals surface area contributed by atoms with E-state index < -0.39 is 5.79 Å². The van der Waals surface area contributed by atoms with Gasteiger partial charge < -0.3 is 14.2 Å². The molecule has 0 N–H and O–H groups in total. The highest BCUT2D eigenvalue weighted by Crippen LogP contribution is 2.43. The number of rotatable bonds is 4. The molecule has 1 fully saturated rings. The van der Waals surface area contributed by atoms with E-state index >= 15 is 0 Å².